The molecule has 0 amide bonds. The molecule has 3 nitrogen and oxygen atoms in total. The summed E-state index contributed by atoms with van der Waals surface area (Å²) in [6.45, 7) is 0. The van der Waals surface area contributed by atoms with Gasteiger partial charge in [-0.15, -0.1) is 0 Å². The summed E-state index contributed by atoms with van der Waals surface area (Å²) in [5.41, 5.74) is -0.244. The molecular formula is C14H4ClF5O3S. The second kappa shape index (κ2) is 7.10. The van der Waals surface area contributed by atoms with Crippen LogP contribution < -0.4 is 9.47 Å². The van der Waals surface area contributed by atoms with E-state index in [1.54, 1.807) is 0 Å². The van der Waals surface area contributed by atoms with Gasteiger partial charge in [-0.05, 0) is 48.1 Å². The van der Waals surface area contributed by atoms with E-state index in [-0.39, 0.29) is 15.8 Å². The molecule has 0 N–H and O–H groups in total. The van der Waals surface area contributed by atoms with Gasteiger partial charge in [0.2, 0.25) is 34.8 Å². The number of hydrogen-bond acceptors (Lipinski definition) is 4. The van der Waals surface area contributed by atoms with Crippen molar-refractivity contribution in [3.05, 3.63) is 58.9 Å². The Morgan fingerprint density at radius 3 is 1.75 bits per heavy atom. The Morgan fingerprint density at radius 1 is 0.833 bits per heavy atom. The van der Waals surface area contributed by atoms with Gasteiger partial charge in [0.25, 0.3) is 4.51 Å². The molecule has 0 aliphatic heterocycles. The summed E-state index contributed by atoms with van der Waals surface area (Å²) in [7, 11) is 0. The van der Waals surface area contributed by atoms with Gasteiger partial charge in [-0.2, -0.15) is 8.78 Å². The topological polar surface area (TPSA) is 35.5 Å². The molecule has 24 heavy (non-hydrogen) atoms. The highest BCUT2D eigenvalue weighted by molar-refractivity contribution is 7.82. The van der Waals surface area contributed by atoms with E-state index in [4.69, 9.17) is 16.3 Å². The van der Waals surface area contributed by atoms with Gasteiger partial charge in [-0.1, -0.05) is 0 Å². The minimum Gasteiger partial charge on any atom is -0.436 e. The van der Waals surface area contributed by atoms with Crippen molar-refractivity contribution in [3.8, 4) is 11.5 Å². The molecule has 0 spiro atoms. The van der Waals surface area contributed by atoms with Crippen molar-refractivity contribution in [2.24, 2.45) is 0 Å². The van der Waals surface area contributed by atoms with Gasteiger partial charge < -0.3 is 9.47 Å². The second-order valence-corrected chi connectivity index (χ2v) is 5.09. The molecule has 0 saturated carbocycles. The molecule has 126 valence electrons. The van der Waals surface area contributed by atoms with Crippen LogP contribution in [0.15, 0.2) is 24.3 Å². The van der Waals surface area contributed by atoms with E-state index in [1.807, 2.05) is 0 Å². The third-order valence-electron chi connectivity index (χ3n) is 2.65. The van der Waals surface area contributed by atoms with E-state index < -0.39 is 40.8 Å². The van der Waals surface area contributed by atoms with E-state index in [2.05, 4.69) is 17.0 Å². The fourth-order valence-corrected chi connectivity index (χ4v) is 1.76. The molecule has 2 aromatic rings. The van der Waals surface area contributed by atoms with Crippen LogP contribution in [-0.2, 0) is 0 Å². The Hall–Kier alpha value is -2.26. The molecule has 0 fully saturated rings. The fourth-order valence-electron chi connectivity index (χ4n) is 1.58. The summed E-state index contributed by atoms with van der Waals surface area (Å²) >= 11 is 9.81. The van der Waals surface area contributed by atoms with Crippen LogP contribution in [0.3, 0.4) is 0 Å². The first-order chi connectivity index (χ1) is 11.2. The normalized spacial score (nSPS) is 10.4. The lowest BCUT2D eigenvalue weighted by molar-refractivity contribution is 0.0716. The van der Waals surface area contributed by atoms with Crippen LogP contribution in [0.1, 0.15) is 10.4 Å². The molecule has 0 aromatic heterocycles. The zero-order chi connectivity index (χ0) is 18.0. The molecule has 10 heteroatoms. The highest BCUT2D eigenvalue weighted by atomic mass is 35.5. The van der Waals surface area contributed by atoms with Crippen molar-refractivity contribution in [2.75, 3.05) is 0 Å². The largest absolute Gasteiger partial charge is 0.436 e. The van der Waals surface area contributed by atoms with Crippen LogP contribution in [0, 0.1) is 29.1 Å². The summed E-state index contributed by atoms with van der Waals surface area (Å²) in [5.74, 6) is -14.2. The number of benzene rings is 2. The number of carbonyl (C=O) groups excluding carboxylic acids is 1. The van der Waals surface area contributed by atoms with Gasteiger partial charge in [0.05, 0.1) is 5.56 Å². The molecule has 0 bridgehead atoms. The van der Waals surface area contributed by atoms with Gasteiger partial charge in [0.1, 0.15) is 5.75 Å². The summed E-state index contributed by atoms with van der Waals surface area (Å²) in [6, 6.07) is 4.67. The van der Waals surface area contributed by atoms with Crippen LogP contribution in [0.5, 0.6) is 11.5 Å². The number of thiocarbonyl (C=S) groups is 1. The summed E-state index contributed by atoms with van der Waals surface area (Å²) in [4.78, 5) is 11.8. The Balaban J connectivity index is 2.29. The van der Waals surface area contributed by atoms with Crippen molar-refractivity contribution < 1.29 is 36.2 Å². The lowest BCUT2D eigenvalue weighted by atomic mass is 10.2. The monoisotopic (exact) mass is 382 g/mol. The number of hydrogen-bond donors (Lipinski definition) is 0. The van der Waals surface area contributed by atoms with Crippen molar-refractivity contribution in [1.82, 2.24) is 0 Å². The third kappa shape index (κ3) is 3.62. The lowest BCUT2D eigenvalue weighted by Gasteiger charge is -2.09. The van der Waals surface area contributed by atoms with Gasteiger partial charge in [-0.3, -0.25) is 0 Å². The molecule has 2 rings (SSSR count). The maximum atomic E-state index is 13.4. The summed E-state index contributed by atoms with van der Waals surface area (Å²) in [5, 5.41) is 0. The number of carbonyl (C=O) groups is 1. The quantitative estimate of drug-likeness (QED) is 0.149. The number of halogens is 6. The van der Waals surface area contributed by atoms with E-state index in [0.29, 0.717) is 0 Å². The second-order valence-electron chi connectivity index (χ2n) is 4.15. The van der Waals surface area contributed by atoms with Gasteiger partial charge in [0.15, 0.2) is 0 Å². The molecule has 0 aliphatic carbocycles. The highest BCUT2D eigenvalue weighted by Gasteiger charge is 2.28. The molecule has 0 aliphatic rings. The van der Waals surface area contributed by atoms with E-state index in [1.165, 1.54) is 12.1 Å². The molecule has 0 saturated heterocycles. The van der Waals surface area contributed by atoms with Crippen LogP contribution in [0.25, 0.3) is 0 Å². The highest BCUT2D eigenvalue weighted by Crippen LogP contribution is 2.29. The Morgan fingerprint density at radius 2 is 1.29 bits per heavy atom. The van der Waals surface area contributed by atoms with Crippen LogP contribution in [0.2, 0.25) is 0 Å². The first-order valence-electron chi connectivity index (χ1n) is 5.93. The summed E-state index contributed by atoms with van der Waals surface area (Å²) < 4.78 is 74.6. The van der Waals surface area contributed by atoms with Crippen molar-refractivity contribution in [1.29, 1.82) is 0 Å². The average molecular weight is 383 g/mol. The van der Waals surface area contributed by atoms with Gasteiger partial charge in [-0.25, -0.2) is 18.0 Å². The molecule has 0 heterocycles. The van der Waals surface area contributed by atoms with E-state index in [0.717, 1.165) is 12.1 Å². The van der Waals surface area contributed by atoms with Crippen LogP contribution >= 0.6 is 23.8 Å². The fraction of sp³-hybridized carbons (Fsp3) is 0. The standard InChI is InChI=1S/C14H4ClF5O3S/c15-14(24)22-6-3-1-5(2-4-6)13(21)23-12-10(19)8(17)7(16)9(18)11(12)20/h1-4H. The average Bonchev–Trinajstić information content (AvgIpc) is 2.55. The Kier molecular flexibility index (Phi) is 5.35. The van der Waals surface area contributed by atoms with Crippen LogP contribution in [0.4, 0.5) is 22.0 Å². The number of esters is 1. The SMILES string of the molecule is O=C(Oc1c(F)c(F)c(F)c(F)c1F)c1ccc(OC(=S)Cl)cc1. The number of ether oxygens (including phenoxy) is 2. The first-order valence-corrected chi connectivity index (χ1v) is 6.72. The summed E-state index contributed by atoms with van der Waals surface area (Å²) in [6.07, 6.45) is 0. The Labute approximate surface area is 141 Å². The van der Waals surface area contributed by atoms with Crippen molar-refractivity contribution >= 4 is 34.3 Å². The van der Waals surface area contributed by atoms with Crippen molar-refractivity contribution in [2.45, 2.75) is 0 Å². The zero-order valence-electron chi connectivity index (χ0n) is 11.2. The first kappa shape index (κ1) is 18.1. The molecule has 0 atom stereocenters. The van der Waals surface area contributed by atoms with Crippen molar-refractivity contribution in [3.63, 3.8) is 0 Å². The third-order valence-corrected chi connectivity index (χ3v) is 2.81. The lowest BCUT2D eigenvalue weighted by Crippen LogP contribution is -2.13. The van der Waals surface area contributed by atoms with Gasteiger partial charge >= 0.3 is 5.97 Å². The number of rotatable bonds is 3. The molecule has 0 unspecified atom stereocenters. The predicted molar refractivity (Wildman–Crippen MR) is 76.7 cm³/mol. The minimum atomic E-state index is -2.36. The van der Waals surface area contributed by atoms with E-state index >= 15 is 0 Å². The maximum Gasteiger partial charge on any atom is 0.343 e. The molecule has 0 radical (unpaired) electrons. The molecule has 2 aromatic carbocycles. The zero-order valence-corrected chi connectivity index (χ0v) is 12.8. The van der Waals surface area contributed by atoms with Gasteiger partial charge in [0, 0.05) is 0 Å². The maximum absolute atomic E-state index is 13.4. The minimum absolute atomic E-state index is 0.155. The predicted octanol–water partition coefficient (Wildman–Crippen LogP) is 4.50. The smallest absolute Gasteiger partial charge is 0.343 e. The van der Waals surface area contributed by atoms with Crippen LogP contribution in [-0.4, -0.2) is 10.5 Å². The Bertz CT molecular complexity index is 797. The van der Waals surface area contributed by atoms with E-state index in [9.17, 15) is 26.7 Å². The molecular weight excluding hydrogens is 379 g/mol.